The number of aromatic nitrogens is 1. The van der Waals surface area contributed by atoms with Crippen LogP contribution in [0.25, 0.3) is 10.9 Å². The number of hydrogen-bond acceptors (Lipinski definition) is 5. The number of nitrogens with one attached hydrogen (secondary N) is 1. The molecule has 1 aliphatic heterocycles. The molecule has 0 atom stereocenters. The monoisotopic (exact) mass is 348 g/mol. The van der Waals surface area contributed by atoms with E-state index in [0.717, 1.165) is 23.0 Å². The summed E-state index contributed by atoms with van der Waals surface area (Å²) in [7, 11) is -4.29. The maximum Gasteiger partial charge on any atom is 1.00 e. The number of hydrogen-bond donors (Lipinski definition) is 1. The van der Waals surface area contributed by atoms with Gasteiger partial charge in [-0.25, -0.2) is 8.42 Å². The summed E-state index contributed by atoms with van der Waals surface area (Å²) in [5.41, 5.74) is 3.22. The Labute approximate surface area is 154 Å². The fourth-order valence-corrected chi connectivity index (χ4v) is 3.78. The first kappa shape index (κ1) is 17.8. The molecule has 1 N–H and O–H groups in total. The van der Waals surface area contributed by atoms with E-state index in [9.17, 15) is 17.8 Å². The molecule has 0 saturated heterocycles. The molecule has 1 aromatic carbocycles. The van der Waals surface area contributed by atoms with Gasteiger partial charge in [-0.15, -0.1) is 0 Å². The van der Waals surface area contributed by atoms with Crippen LogP contribution >= 0.6 is 10.8 Å². The third-order valence-electron chi connectivity index (χ3n) is 3.56. The van der Waals surface area contributed by atoms with Crippen LogP contribution in [0.4, 0.5) is 0 Å². The Morgan fingerprint density at radius 1 is 1.36 bits per heavy atom. The van der Waals surface area contributed by atoms with Crippen LogP contribution in [0.2, 0.25) is 0 Å². The smallest absolute Gasteiger partial charge is 0.739 e. The van der Waals surface area contributed by atoms with Gasteiger partial charge in [-0.3, -0.25) is 4.79 Å². The summed E-state index contributed by atoms with van der Waals surface area (Å²) in [4.78, 5) is 16.8. The molecule has 0 aliphatic carbocycles. The summed E-state index contributed by atoms with van der Waals surface area (Å²) in [5.74, 6) is -0.662. The first-order valence-electron chi connectivity index (χ1n) is 6.40. The van der Waals surface area contributed by atoms with Crippen LogP contribution in [0.15, 0.2) is 24.3 Å². The topological polar surface area (TPSA) is 93.3 Å². The maximum atomic E-state index is 12.0. The predicted octanol–water partition coefficient (Wildman–Crippen LogP) is -1.75. The zero-order valence-electron chi connectivity index (χ0n) is 12.0. The normalized spacial score (nSPS) is 14.5. The SMILES string of the molecule is O=C(CSS(=O)(=O)[O-])N1CCc2c([nH]c3ccccc23)C1.[Na+]. The van der Waals surface area contributed by atoms with Gasteiger partial charge in [0.1, 0.15) is 9.15 Å². The van der Waals surface area contributed by atoms with E-state index in [1.165, 1.54) is 5.56 Å². The molecule has 2 heterocycles. The summed E-state index contributed by atoms with van der Waals surface area (Å²) in [6.07, 6.45) is 0.722. The molecule has 22 heavy (non-hydrogen) atoms. The zero-order chi connectivity index (χ0) is 15.0. The zero-order valence-corrected chi connectivity index (χ0v) is 15.7. The number of aromatic amines is 1. The number of H-pyrrole nitrogens is 1. The van der Waals surface area contributed by atoms with Gasteiger partial charge < -0.3 is 14.4 Å². The van der Waals surface area contributed by atoms with Crippen molar-refractivity contribution in [1.82, 2.24) is 9.88 Å². The molecule has 2 aromatic rings. The number of rotatable bonds is 3. The van der Waals surface area contributed by atoms with Gasteiger partial charge in [0, 0.05) is 23.1 Å². The number of para-hydroxylation sites is 1. The Kier molecular flexibility index (Phi) is 5.63. The van der Waals surface area contributed by atoms with Crippen LogP contribution in [-0.4, -0.2) is 41.1 Å². The molecule has 1 aromatic heterocycles. The van der Waals surface area contributed by atoms with Crippen molar-refractivity contribution in [2.24, 2.45) is 0 Å². The van der Waals surface area contributed by atoms with Crippen molar-refractivity contribution in [3.05, 3.63) is 35.5 Å². The van der Waals surface area contributed by atoms with Gasteiger partial charge in [-0.05, 0) is 28.8 Å². The van der Waals surface area contributed by atoms with Crippen molar-refractivity contribution >= 4 is 36.8 Å². The molecular weight excluding hydrogens is 335 g/mol. The van der Waals surface area contributed by atoms with Gasteiger partial charge in [-0.1, -0.05) is 18.2 Å². The number of carbonyl (C=O) groups excluding carboxylic acids is 1. The van der Waals surface area contributed by atoms with Gasteiger partial charge in [0.05, 0.1) is 12.3 Å². The quantitative estimate of drug-likeness (QED) is 0.403. The van der Waals surface area contributed by atoms with E-state index in [0.29, 0.717) is 13.1 Å². The summed E-state index contributed by atoms with van der Waals surface area (Å²) < 4.78 is 31.7. The standard InChI is InChI=1S/C13H14N2O4S2.Na/c16-13(8-20-21(17,18)19)15-6-5-10-9-3-1-2-4-11(9)14-12(10)7-15;/h1-4,14H,5-8H2,(H,17,18,19);/q;+1/p-1. The largest absolute Gasteiger partial charge is 1.00 e. The second kappa shape index (κ2) is 6.94. The maximum absolute atomic E-state index is 12.0. The predicted molar refractivity (Wildman–Crippen MR) is 79.6 cm³/mol. The Morgan fingerprint density at radius 2 is 2.09 bits per heavy atom. The summed E-state index contributed by atoms with van der Waals surface area (Å²) in [6, 6.07) is 7.95. The third kappa shape index (κ3) is 3.87. The molecule has 0 fully saturated rings. The van der Waals surface area contributed by atoms with Crippen molar-refractivity contribution in [2.45, 2.75) is 13.0 Å². The first-order valence-corrected chi connectivity index (χ1v) is 9.31. The van der Waals surface area contributed by atoms with Crippen molar-refractivity contribution in [1.29, 1.82) is 0 Å². The Bertz CT molecular complexity index is 803. The number of fused-ring (bicyclic) bond motifs is 3. The summed E-state index contributed by atoms with van der Waals surface area (Å²) >= 11 is 0. The van der Waals surface area contributed by atoms with Crippen molar-refractivity contribution in [3.8, 4) is 0 Å². The van der Waals surface area contributed by atoms with Crippen LogP contribution in [0.3, 0.4) is 0 Å². The van der Waals surface area contributed by atoms with Crippen molar-refractivity contribution in [3.63, 3.8) is 0 Å². The van der Waals surface area contributed by atoms with E-state index in [-0.39, 0.29) is 52.0 Å². The first-order chi connectivity index (χ1) is 9.94. The minimum Gasteiger partial charge on any atom is -0.739 e. The van der Waals surface area contributed by atoms with Gasteiger partial charge in [0.25, 0.3) is 0 Å². The average Bonchev–Trinajstić information content (AvgIpc) is 2.81. The average molecular weight is 348 g/mol. The Hall–Kier alpha value is -0.510. The van der Waals surface area contributed by atoms with Gasteiger partial charge in [0.2, 0.25) is 5.91 Å². The number of carbonyl (C=O) groups is 1. The van der Waals surface area contributed by atoms with E-state index in [2.05, 4.69) is 4.98 Å². The number of benzene rings is 1. The summed E-state index contributed by atoms with van der Waals surface area (Å²) in [5, 5.41) is 1.16. The second-order valence-corrected chi connectivity index (χ2v) is 8.14. The van der Waals surface area contributed by atoms with Gasteiger partial charge >= 0.3 is 29.6 Å². The van der Waals surface area contributed by atoms with Crippen LogP contribution in [-0.2, 0) is 26.9 Å². The molecule has 1 amide bonds. The molecule has 1 aliphatic rings. The number of amides is 1. The molecule has 0 radical (unpaired) electrons. The van der Waals surface area contributed by atoms with Gasteiger partial charge in [-0.2, -0.15) is 0 Å². The van der Waals surface area contributed by atoms with E-state index in [1.807, 2.05) is 24.3 Å². The van der Waals surface area contributed by atoms with E-state index in [1.54, 1.807) is 4.90 Å². The fraction of sp³-hybridized carbons (Fsp3) is 0.308. The van der Waals surface area contributed by atoms with Crippen molar-refractivity contribution < 1.29 is 47.3 Å². The van der Waals surface area contributed by atoms with Crippen molar-refractivity contribution in [2.75, 3.05) is 12.3 Å². The molecule has 112 valence electrons. The molecule has 6 nitrogen and oxygen atoms in total. The molecule has 0 bridgehead atoms. The molecule has 0 saturated carbocycles. The summed E-state index contributed by atoms with van der Waals surface area (Å²) in [6.45, 7) is 0.954. The van der Waals surface area contributed by atoms with Gasteiger partial charge in [0.15, 0.2) is 0 Å². The van der Waals surface area contributed by atoms with Crippen LogP contribution in [0.5, 0.6) is 0 Å². The Morgan fingerprint density at radius 3 is 2.82 bits per heavy atom. The Balaban J connectivity index is 0.00000176. The molecule has 9 heteroatoms. The van der Waals surface area contributed by atoms with E-state index in [4.69, 9.17) is 0 Å². The molecule has 0 unspecified atom stereocenters. The van der Waals surface area contributed by atoms with Crippen LogP contribution < -0.4 is 29.6 Å². The molecule has 0 spiro atoms. The van der Waals surface area contributed by atoms with E-state index >= 15 is 0 Å². The second-order valence-electron chi connectivity index (χ2n) is 4.86. The third-order valence-corrected chi connectivity index (χ3v) is 5.44. The molecule has 3 rings (SSSR count). The minimum absolute atomic E-state index is 0. The fourth-order valence-electron chi connectivity index (χ4n) is 2.62. The minimum atomic E-state index is -4.43. The number of nitrogens with zero attached hydrogens (tertiary/aromatic N) is 1. The molecular formula is C13H13N2NaO4S2. The van der Waals surface area contributed by atoms with Crippen LogP contribution in [0, 0.1) is 0 Å². The van der Waals surface area contributed by atoms with E-state index < -0.39 is 9.15 Å². The van der Waals surface area contributed by atoms with Crippen LogP contribution in [0.1, 0.15) is 11.3 Å².